The molecule has 0 radical (unpaired) electrons. The Morgan fingerprint density at radius 1 is 1.37 bits per heavy atom. The molecule has 3 N–H and O–H groups in total. The number of benzene rings is 1. The van der Waals surface area contributed by atoms with E-state index in [1.54, 1.807) is 32.0 Å². The summed E-state index contributed by atoms with van der Waals surface area (Å²) in [6, 6.07) is 5.47. The number of hydrogen-bond acceptors (Lipinski definition) is 2. The smallest absolute Gasteiger partial charge is 0.326 e. The molecular weight excluding hydrogens is 268 g/mol. The van der Waals surface area contributed by atoms with Crippen LogP contribution in [0.2, 0.25) is 5.02 Å². The Bertz CT molecular complexity index is 465. The van der Waals surface area contributed by atoms with Gasteiger partial charge in [-0.05, 0) is 31.0 Å². The van der Waals surface area contributed by atoms with Gasteiger partial charge in [-0.3, -0.25) is 0 Å². The molecule has 0 spiro atoms. The lowest BCUT2D eigenvalue weighted by molar-refractivity contribution is -0.139. The van der Waals surface area contributed by atoms with Crippen LogP contribution in [0, 0.1) is 0 Å². The summed E-state index contributed by atoms with van der Waals surface area (Å²) in [4.78, 5) is 22.5. The average Bonchev–Trinajstić information content (AvgIpc) is 2.35. The highest BCUT2D eigenvalue weighted by molar-refractivity contribution is 6.30. The van der Waals surface area contributed by atoms with Crippen LogP contribution in [0.5, 0.6) is 0 Å². The molecule has 0 saturated carbocycles. The van der Waals surface area contributed by atoms with E-state index in [-0.39, 0.29) is 6.04 Å². The fourth-order valence-electron chi connectivity index (χ4n) is 1.59. The maximum atomic E-state index is 11.7. The lowest BCUT2D eigenvalue weighted by Crippen LogP contribution is -2.46. The quantitative estimate of drug-likeness (QED) is 0.777. The largest absolute Gasteiger partial charge is 0.480 e. The second-order valence-electron chi connectivity index (χ2n) is 4.19. The molecule has 2 atom stereocenters. The molecule has 104 valence electrons. The zero-order valence-electron chi connectivity index (χ0n) is 10.8. The lowest BCUT2D eigenvalue weighted by atomic mass is 10.1. The summed E-state index contributed by atoms with van der Waals surface area (Å²) in [5, 5.41) is 14.5. The van der Waals surface area contributed by atoms with Gasteiger partial charge in [0.25, 0.3) is 0 Å². The lowest BCUT2D eigenvalue weighted by Gasteiger charge is -2.18. The maximum Gasteiger partial charge on any atom is 0.326 e. The highest BCUT2D eigenvalue weighted by Crippen LogP contribution is 2.17. The molecule has 1 aromatic carbocycles. The normalized spacial score (nSPS) is 13.4. The number of urea groups is 1. The van der Waals surface area contributed by atoms with Crippen LogP contribution in [0.4, 0.5) is 4.79 Å². The van der Waals surface area contributed by atoms with E-state index in [9.17, 15) is 9.59 Å². The Hall–Kier alpha value is -1.75. The minimum Gasteiger partial charge on any atom is -0.480 e. The van der Waals surface area contributed by atoms with Gasteiger partial charge in [0.1, 0.15) is 6.04 Å². The molecule has 19 heavy (non-hydrogen) atoms. The molecule has 5 nitrogen and oxygen atoms in total. The first kappa shape index (κ1) is 15.3. The van der Waals surface area contributed by atoms with Crippen LogP contribution < -0.4 is 10.6 Å². The summed E-state index contributed by atoms with van der Waals surface area (Å²) < 4.78 is 0. The minimum absolute atomic E-state index is 0.259. The van der Waals surface area contributed by atoms with E-state index in [2.05, 4.69) is 10.6 Å². The maximum absolute atomic E-state index is 11.7. The van der Waals surface area contributed by atoms with Crippen LogP contribution in [-0.4, -0.2) is 23.1 Å². The Kier molecular flexibility index (Phi) is 5.63. The third kappa shape index (κ3) is 4.79. The van der Waals surface area contributed by atoms with Gasteiger partial charge < -0.3 is 15.7 Å². The van der Waals surface area contributed by atoms with Crippen molar-refractivity contribution in [3.05, 3.63) is 34.9 Å². The predicted octanol–water partition coefficient (Wildman–Crippen LogP) is 2.56. The highest BCUT2D eigenvalue weighted by Gasteiger charge is 2.18. The van der Waals surface area contributed by atoms with Gasteiger partial charge in [0.05, 0.1) is 6.04 Å². The predicted molar refractivity (Wildman–Crippen MR) is 73.2 cm³/mol. The number of halogens is 1. The third-order valence-electron chi connectivity index (χ3n) is 2.71. The summed E-state index contributed by atoms with van der Waals surface area (Å²) in [5.41, 5.74) is 0.853. The van der Waals surface area contributed by atoms with Gasteiger partial charge in [0, 0.05) is 5.02 Å². The number of rotatable bonds is 5. The van der Waals surface area contributed by atoms with Gasteiger partial charge in [-0.15, -0.1) is 0 Å². The Morgan fingerprint density at radius 3 is 2.58 bits per heavy atom. The standard InChI is InChI=1S/C13H17ClN2O3/c1-3-11(12(17)18)16-13(19)15-8(2)9-5-4-6-10(14)7-9/h4-8,11H,3H2,1-2H3,(H,17,18)(H2,15,16,19)/t8?,11-/m1/s1. The number of carbonyl (C=O) groups excluding carboxylic acids is 1. The third-order valence-corrected chi connectivity index (χ3v) is 2.94. The molecule has 1 aromatic rings. The highest BCUT2D eigenvalue weighted by atomic mass is 35.5. The molecule has 1 rings (SSSR count). The zero-order chi connectivity index (χ0) is 14.4. The summed E-state index contributed by atoms with van der Waals surface area (Å²) in [6.07, 6.45) is 0.328. The van der Waals surface area contributed by atoms with E-state index in [4.69, 9.17) is 16.7 Å². The number of aliphatic carboxylic acids is 1. The van der Waals surface area contributed by atoms with Gasteiger partial charge in [-0.25, -0.2) is 9.59 Å². The summed E-state index contributed by atoms with van der Waals surface area (Å²) in [5.74, 6) is -1.05. The summed E-state index contributed by atoms with van der Waals surface area (Å²) in [6.45, 7) is 3.49. The second-order valence-corrected chi connectivity index (χ2v) is 4.63. The molecule has 0 aliphatic heterocycles. The van der Waals surface area contributed by atoms with E-state index in [0.717, 1.165) is 5.56 Å². The second kappa shape index (κ2) is 6.99. The number of carboxylic acid groups (broad SMARTS) is 1. The minimum atomic E-state index is -1.05. The average molecular weight is 285 g/mol. The van der Waals surface area contributed by atoms with E-state index in [1.165, 1.54) is 0 Å². The summed E-state index contributed by atoms with van der Waals surface area (Å²) >= 11 is 5.87. The van der Waals surface area contributed by atoms with Crippen molar-refractivity contribution in [3.63, 3.8) is 0 Å². The molecule has 0 saturated heterocycles. The van der Waals surface area contributed by atoms with Crippen LogP contribution >= 0.6 is 11.6 Å². The van der Waals surface area contributed by atoms with Gasteiger partial charge in [-0.1, -0.05) is 30.7 Å². The first-order valence-corrected chi connectivity index (χ1v) is 6.37. The van der Waals surface area contributed by atoms with Crippen molar-refractivity contribution < 1.29 is 14.7 Å². The number of carbonyl (C=O) groups is 2. The van der Waals surface area contributed by atoms with Gasteiger partial charge >= 0.3 is 12.0 Å². The van der Waals surface area contributed by atoms with Crippen LogP contribution in [0.3, 0.4) is 0 Å². The topological polar surface area (TPSA) is 78.4 Å². The van der Waals surface area contributed by atoms with Gasteiger partial charge in [0.15, 0.2) is 0 Å². The van der Waals surface area contributed by atoms with E-state index in [1.807, 2.05) is 6.07 Å². The van der Waals surface area contributed by atoms with Crippen molar-refractivity contribution in [1.29, 1.82) is 0 Å². The van der Waals surface area contributed by atoms with Gasteiger partial charge in [-0.2, -0.15) is 0 Å². The molecule has 0 aromatic heterocycles. The molecule has 0 fully saturated rings. The first-order valence-electron chi connectivity index (χ1n) is 5.99. The molecule has 0 aliphatic carbocycles. The van der Waals surface area contributed by atoms with Crippen molar-refractivity contribution in [2.24, 2.45) is 0 Å². The van der Waals surface area contributed by atoms with Crippen molar-refractivity contribution in [1.82, 2.24) is 10.6 Å². The molecule has 0 aliphatic rings. The Morgan fingerprint density at radius 2 is 2.05 bits per heavy atom. The van der Waals surface area contributed by atoms with Crippen LogP contribution in [0.25, 0.3) is 0 Å². The van der Waals surface area contributed by atoms with Crippen LogP contribution in [-0.2, 0) is 4.79 Å². The van der Waals surface area contributed by atoms with Crippen molar-refractivity contribution >= 4 is 23.6 Å². The zero-order valence-corrected chi connectivity index (χ0v) is 11.6. The molecule has 0 heterocycles. The van der Waals surface area contributed by atoms with Gasteiger partial charge in [0.2, 0.25) is 0 Å². The fourth-order valence-corrected chi connectivity index (χ4v) is 1.79. The van der Waals surface area contributed by atoms with Crippen molar-refractivity contribution in [2.45, 2.75) is 32.4 Å². The van der Waals surface area contributed by atoms with E-state index < -0.39 is 18.0 Å². The van der Waals surface area contributed by atoms with E-state index >= 15 is 0 Å². The summed E-state index contributed by atoms with van der Waals surface area (Å²) in [7, 11) is 0. The number of amides is 2. The first-order chi connectivity index (χ1) is 8.93. The molecule has 0 bridgehead atoms. The Labute approximate surface area is 117 Å². The molecule has 1 unspecified atom stereocenters. The number of hydrogen-bond donors (Lipinski definition) is 3. The molecular formula is C13H17ClN2O3. The van der Waals surface area contributed by atoms with Crippen molar-refractivity contribution in [3.8, 4) is 0 Å². The fraction of sp³-hybridized carbons (Fsp3) is 0.385. The van der Waals surface area contributed by atoms with Crippen molar-refractivity contribution in [2.75, 3.05) is 0 Å². The number of carboxylic acids is 1. The van der Waals surface area contributed by atoms with Crippen LogP contribution in [0.1, 0.15) is 31.9 Å². The monoisotopic (exact) mass is 284 g/mol. The SMILES string of the molecule is CC[C@@H](NC(=O)NC(C)c1cccc(Cl)c1)C(=O)O. The molecule has 6 heteroatoms. The van der Waals surface area contributed by atoms with Crippen LogP contribution in [0.15, 0.2) is 24.3 Å². The molecule has 2 amide bonds. The Balaban J connectivity index is 2.59. The van der Waals surface area contributed by atoms with E-state index in [0.29, 0.717) is 11.4 Å². The number of nitrogens with one attached hydrogen (secondary N) is 2.